The third-order valence-electron chi connectivity index (χ3n) is 4.64. The largest absolute Gasteiger partial charge is 0.480 e. The van der Waals surface area contributed by atoms with E-state index in [-0.39, 0.29) is 40.4 Å². The molecule has 0 aliphatic rings. The number of nitrogens with zero attached hydrogens (tertiary/aromatic N) is 2. The van der Waals surface area contributed by atoms with Crippen molar-refractivity contribution in [2.75, 3.05) is 39.5 Å². The highest BCUT2D eigenvalue weighted by Gasteiger charge is 2.20. The van der Waals surface area contributed by atoms with Crippen LogP contribution in [0.3, 0.4) is 0 Å². The Kier molecular flexibility index (Phi) is 12.6. The number of pyridine rings is 2. The van der Waals surface area contributed by atoms with Crippen LogP contribution in [0.4, 0.5) is 11.6 Å². The van der Waals surface area contributed by atoms with Gasteiger partial charge >= 0.3 is 11.9 Å². The number of amides is 1. The molecule has 0 aromatic carbocycles. The molecule has 0 unspecified atom stereocenters. The second kappa shape index (κ2) is 14.9. The Balaban J connectivity index is 0.000000414. The molecule has 0 spiro atoms. The van der Waals surface area contributed by atoms with Gasteiger partial charge in [0.15, 0.2) is 5.82 Å². The fourth-order valence-electron chi connectivity index (χ4n) is 2.80. The van der Waals surface area contributed by atoms with E-state index < -0.39 is 28.1 Å². The lowest BCUT2D eigenvalue weighted by molar-refractivity contribution is -0.114. The van der Waals surface area contributed by atoms with Gasteiger partial charge in [0.2, 0.25) is 17.7 Å². The van der Waals surface area contributed by atoms with Gasteiger partial charge in [-0.25, -0.2) is 9.59 Å². The number of nitrogens with two attached hydrogens (primary N) is 1. The Morgan fingerprint density at radius 2 is 1.17 bits per heavy atom. The van der Waals surface area contributed by atoms with Crippen LogP contribution in [0, 0.1) is 22.9 Å². The van der Waals surface area contributed by atoms with E-state index >= 15 is 0 Å². The summed E-state index contributed by atoms with van der Waals surface area (Å²) in [5, 5.41) is 2.60. The van der Waals surface area contributed by atoms with Crippen molar-refractivity contribution >= 4 is 45.6 Å². The molecule has 0 fully saturated rings. The zero-order valence-electron chi connectivity index (χ0n) is 25.5. The number of carbonyl (C=O) groups excluding carboxylic acids is 3. The summed E-state index contributed by atoms with van der Waals surface area (Å²) >= 11 is 0. The lowest BCUT2D eigenvalue weighted by atomic mass is 10.2. The summed E-state index contributed by atoms with van der Waals surface area (Å²) < 4.78 is 19.5. The SMILES string of the molecule is COC(=O)c1cc(C#C[Si](C)(C)C)c(N)nc1OC.COC(=O)c1cc(C#C[Si](C)(C)C)c(NC(C)=O)nc1OC. The summed E-state index contributed by atoms with van der Waals surface area (Å²) in [7, 11) is 2.22. The van der Waals surface area contributed by atoms with E-state index in [1.54, 1.807) is 6.07 Å². The number of carbonyl (C=O) groups is 3. The number of aromatic nitrogens is 2. The zero-order chi connectivity index (χ0) is 31.5. The van der Waals surface area contributed by atoms with Crippen molar-refractivity contribution in [1.82, 2.24) is 9.97 Å². The summed E-state index contributed by atoms with van der Waals surface area (Å²) in [5.74, 6) is 5.33. The number of nitrogens with one attached hydrogen (secondary N) is 1. The molecular weight excluding hydrogens is 561 g/mol. The molecule has 0 saturated heterocycles. The van der Waals surface area contributed by atoms with E-state index in [2.05, 4.69) is 82.2 Å². The van der Waals surface area contributed by atoms with Crippen molar-refractivity contribution in [2.24, 2.45) is 0 Å². The van der Waals surface area contributed by atoms with Crippen LogP contribution in [0.15, 0.2) is 12.1 Å². The van der Waals surface area contributed by atoms with Gasteiger partial charge in [0.05, 0.1) is 39.6 Å². The monoisotopic (exact) mass is 598 g/mol. The number of ether oxygens (including phenoxy) is 4. The summed E-state index contributed by atoms with van der Waals surface area (Å²) in [4.78, 5) is 43.0. The number of anilines is 2. The molecule has 0 aliphatic carbocycles. The first-order chi connectivity index (χ1) is 19.0. The quantitative estimate of drug-likeness (QED) is 0.296. The Labute approximate surface area is 243 Å². The first kappa shape index (κ1) is 34.7. The van der Waals surface area contributed by atoms with E-state index in [0.29, 0.717) is 11.1 Å². The minimum Gasteiger partial charge on any atom is -0.480 e. The number of esters is 2. The maximum atomic E-state index is 11.8. The van der Waals surface area contributed by atoms with Crippen LogP contribution in [0.25, 0.3) is 0 Å². The molecule has 2 heterocycles. The normalized spacial score (nSPS) is 10.3. The van der Waals surface area contributed by atoms with Crippen molar-refractivity contribution in [1.29, 1.82) is 0 Å². The van der Waals surface area contributed by atoms with Gasteiger partial charge in [-0.05, 0) is 12.1 Å². The third-order valence-corrected chi connectivity index (χ3v) is 6.39. The van der Waals surface area contributed by atoms with Crippen LogP contribution in [-0.2, 0) is 14.3 Å². The molecular formula is C28H38N4O7Si2. The Bertz CT molecular complexity index is 1420. The predicted octanol–water partition coefficient (Wildman–Crippen LogP) is 3.75. The Hall–Kier alpha value is -4.34. The molecule has 0 radical (unpaired) electrons. The van der Waals surface area contributed by atoms with Crippen molar-refractivity contribution in [2.45, 2.75) is 46.2 Å². The molecule has 0 atom stereocenters. The number of nitrogen functional groups attached to an aromatic ring is 1. The van der Waals surface area contributed by atoms with E-state index in [0.717, 1.165) is 0 Å². The molecule has 13 heteroatoms. The highest BCUT2D eigenvalue weighted by molar-refractivity contribution is 6.84. The van der Waals surface area contributed by atoms with Gasteiger partial charge in [-0.2, -0.15) is 9.97 Å². The van der Waals surface area contributed by atoms with Crippen LogP contribution in [-0.4, -0.2) is 72.4 Å². The Morgan fingerprint density at radius 3 is 1.56 bits per heavy atom. The topological polar surface area (TPSA) is 152 Å². The van der Waals surface area contributed by atoms with E-state index in [1.807, 2.05) is 0 Å². The summed E-state index contributed by atoms with van der Waals surface area (Å²) in [6.07, 6.45) is 0. The molecule has 0 bridgehead atoms. The summed E-state index contributed by atoms with van der Waals surface area (Å²) in [6, 6.07) is 3.08. The second-order valence-corrected chi connectivity index (χ2v) is 20.1. The van der Waals surface area contributed by atoms with Crippen LogP contribution in [0.1, 0.15) is 38.8 Å². The van der Waals surface area contributed by atoms with Crippen molar-refractivity contribution in [3.8, 4) is 34.7 Å². The average molecular weight is 599 g/mol. The number of hydrogen-bond acceptors (Lipinski definition) is 10. The van der Waals surface area contributed by atoms with Gasteiger partial charge in [-0.1, -0.05) is 51.1 Å². The number of rotatable bonds is 5. The van der Waals surface area contributed by atoms with E-state index in [4.69, 9.17) is 19.9 Å². The van der Waals surface area contributed by atoms with Gasteiger partial charge in [-0.3, -0.25) is 4.79 Å². The predicted molar refractivity (Wildman–Crippen MR) is 163 cm³/mol. The Morgan fingerprint density at radius 1 is 0.756 bits per heavy atom. The highest BCUT2D eigenvalue weighted by Crippen LogP contribution is 2.24. The van der Waals surface area contributed by atoms with E-state index in [9.17, 15) is 14.4 Å². The number of methoxy groups -OCH3 is 4. The maximum absolute atomic E-state index is 11.8. The van der Waals surface area contributed by atoms with Crippen LogP contribution < -0.4 is 20.5 Å². The molecule has 41 heavy (non-hydrogen) atoms. The summed E-state index contributed by atoms with van der Waals surface area (Å²) in [6.45, 7) is 14.0. The molecule has 220 valence electrons. The van der Waals surface area contributed by atoms with Gasteiger partial charge in [0, 0.05) is 6.92 Å². The lowest BCUT2D eigenvalue weighted by Gasteiger charge is -2.11. The second-order valence-electron chi connectivity index (χ2n) is 10.6. The molecule has 2 aromatic rings. The van der Waals surface area contributed by atoms with Gasteiger partial charge < -0.3 is 30.0 Å². The fraction of sp³-hybridized carbons (Fsp3) is 0.393. The van der Waals surface area contributed by atoms with Crippen molar-refractivity contribution < 1.29 is 33.3 Å². The minimum atomic E-state index is -1.63. The molecule has 11 nitrogen and oxygen atoms in total. The minimum absolute atomic E-state index is 0.0779. The average Bonchev–Trinajstić information content (AvgIpc) is 2.89. The molecule has 3 N–H and O–H groups in total. The molecule has 2 aromatic heterocycles. The van der Waals surface area contributed by atoms with Gasteiger partial charge in [0.1, 0.15) is 33.1 Å². The van der Waals surface area contributed by atoms with Crippen LogP contribution in [0.2, 0.25) is 39.3 Å². The number of hydrogen-bond donors (Lipinski definition) is 2. The first-order valence-corrected chi connectivity index (χ1v) is 19.4. The molecule has 0 saturated carbocycles. The molecule has 0 aliphatic heterocycles. The smallest absolute Gasteiger partial charge is 0.343 e. The lowest BCUT2D eigenvalue weighted by Crippen LogP contribution is -2.17. The summed E-state index contributed by atoms with van der Waals surface area (Å²) in [5.41, 5.74) is 13.5. The first-order valence-electron chi connectivity index (χ1n) is 12.4. The van der Waals surface area contributed by atoms with Crippen LogP contribution in [0.5, 0.6) is 11.8 Å². The fourth-order valence-corrected chi connectivity index (χ4v) is 3.82. The third kappa shape index (κ3) is 11.4. The zero-order valence-corrected chi connectivity index (χ0v) is 27.5. The van der Waals surface area contributed by atoms with E-state index in [1.165, 1.54) is 41.4 Å². The highest BCUT2D eigenvalue weighted by atomic mass is 28.3. The van der Waals surface area contributed by atoms with Gasteiger partial charge in [0.25, 0.3) is 0 Å². The molecule has 2 rings (SSSR count). The standard InChI is InChI=1S/C15H20N2O4Si.C13H18N2O3Si/c1-10(18)16-13-11(7-8-22(4,5)6)9-12(15(19)21-3)14(17-13)20-2;1-17-12-10(13(16)18-2)8-9(11(14)15-12)6-7-19(3,4)5/h9H,1-6H3,(H,16,17,18);8H,1-5H3,(H2,14,15). The van der Waals surface area contributed by atoms with Crippen LogP contribution >= 0.6 is 0 Å². The maximum Gasteiger partial charge on any atom is 0.343 e. The van der Waals surface area contributed by atoms with Crippen molar-refractivity contribution in [3.63, 3.8) is 0 Å². The van der Waals surface area contributed by atoms with Gasteiger partial charge in [-0.15, -0.1) is 11.1 Å². The van der Waals surface area contributed by atoms with Crippen molar-refractivity contribution in [3.05, 3.63) is 34.4 Å². The molecule has 1 amide bonds.